The number of rotatable bonds is 5. The zero-order valence-corrected chi connectivity index (χ0v) is 21.7. The summed E-state index contributed by atoms with van der Waals surface area (Å²) in [5, 5.41) is 0. The molecule has 0 unspecified atom stereocenters. The first-order valence-corrected chi connectivity index (χ1v) is 13.2. The fourth-order valence-electron chi connectivity index (χ4n) is 5.91. The van der Waals surface area contributed by atoms with Crippen molar-refractivity contribution in [1.29, 1.82) is 0 Å². The van der Waals surface area contributed by atoms with Gasteiger partial charge in [-0.2, -0.15) is 0 Å². The van der Waals surface area contributed by atoms with E-state index in [4.69, 9.17) is 9.47 Å². The van der Waals surface area contributed by atoms with Crippen LogP contribution in [0.1, 0.15) is 50.3 Å². The number of hydrogen-bond donors (Lipinski definition) is 0. The number of fused-ring (bicyclic) bond motifs is 3. The summed E-state index contributed by atoms with van der Waals surface area (Å²) in [4.78, 5) is 11.8. The number of carbonyl (C=O) groups is 1. The van der Waals surface area contributed by atoms with E-state index in [1.165, 1.54) is 38.9 Å². The summed E-state index contributed by atoms with van der Waals surface area (Å²) < 4.78 is 12.3. The van der Waals surface area contributed by atoms with Crippen LogP contribution >= 0.6 is 0 Å². The van der Waals surface area contributed by atoms with E-state index in [1.54, 1.807) is 0 Å². The lowest BCUT2D eigenvalue weighted by molar-refractivity contribution is -0.142. The van der Waals surface area contributed by atoms with E-state index in [0.717, 1.165) is 23.3 Å². The van der Waals surface area contributed by atoms with Crippen LogP contribution in [-0.4, -0.2) is 18.7 Å². The SMILES string of the molecule is CC(C)(C)c1c2c(c(OC[C@@H]3CCC(=O)O3)c(-c3ccccc3)c1-c1ccccc1)Cc1ccccc1-2. The summed E-state index contributed by atoms with van der Waals surface area (Å²) in [7, 11) is 0. The van der Waals surface area contributed by atoms with Gasteiger partial charge in [-0.1, -0.05) is 106 Å². The molecule has 37 heavy (non-hydrogen) atoms. The minimum absolute atomic E-state index is 0.115. The molecule has 1 aliphatic heterocycles. The number of carbonyl (C=O) groups excluding carboxylic acids is 1. The maximum Gasteiger partial charge on any atom is 0.306 e. The van der Waals surface area contributed by atoms with Gasteiger partial charge < -0.3 is 9.47 Å². The van der Waals surface area contributed by atoms with E-state index in [1.807, 2.05) is 0 Å². The molecule has 0 aromatic heterocycles. The summed E-state index contributed by atoms with van der Waals surface area (Å²) in [6.07, 6.45) is 1.77. The van der Waals surface area contributed by atoms with E-state index in [2.05, 4.69) is 106 Å². The number of ether oxygens (including phenoxy) is 2. The van der Waals surface area contributed by atoms with Crippen LogP contribution in [0.25, 0.3) is 33.4 Å². The molecule has 1 aliphatic carbocycles. The van der Waals surface area contributed by atoms with Crippen LogP contribution in [0.15, 0.2) is 84.9 Å². The highest BCUT2D eigenvalue weighted by Gasteiger charge is 2.36. The van der Waals surface area contributed by atoms with Gasteiger partial charge in [-0.3, -0.25) is 4.79 Å². The fraction of sp³-hybridized carbons (Fsp3) is 0.265. The first kappa shape index (κ1) is 23.5. The summed E-state index contributed by atoms with van der Waals surface area (Å²) in [5.41, 5.74) is 11.0. The smallest absolute Gasteiger partial charge is 0.306 e. The summed E-state index contributed by atoms with van der Waals surface area (Å²) in [6.45, 7) is 7.28. The minimum Gasteiger partial charge on any atom is -0.489 e. The molecular weight excluding hydrogens is 456 g/mol. The minimum atomic E-state index is -0.210. The quantitative estimate of drug-likeness (QED) is 0.235. The molecule has 1 atom stereocenters. The first-order chi connectivity index (χ1) is 17.9. The van der Waals surface area contributed by atoms with Gasteiger partial charge in [0.25, 0.3) is 0 Å². The van der Waals surface area contributed by atoms with Gasteiger partial charge in [0.2, 0.25) is 0 Å². The van der Waals surface area contributed by atoms with E-state index in [-0.39, 0.29) is 17.5 Å². The molecule has 3 heteroatoms. The van der Waals surface area contributed by atoms with Crippen LogP contribution in [0.2, 0.25) is 0 Å². The van der Waals surface area contributed by atoms with Crippen LogP contribution in [0.5, 0.6) is 5.75 Å². The highest BCUT2D eigenvalue weighted by molar-refractivity contribution is 5.99. The van der Waals surface area contributed by atoms with Crippen molar-refractivity contribution in [2.75, 3.05) is 6.61 Å². The number of cyclic esters (lactones) is 1. The molecule has 2 aliphatic rings. The predicted molar refractivity (Wildman–Crippen MR) is 149 cm³/mol. The topological polar surface area (TPSA) is 35.5 Å². The molecule has 0 amide bonds. The molecular formula is C34H32O3. The average Bonchev–Trinajstić information content (AvgIpc) is 3.50. The number of hydrogen-bond acceptors (Lipinski definition) is 3. The molecule has 4 aromatic rings. The van der Waals surface area contributed by atoms with Crippen LogP contribution < -0.4 is 4.74 Å². The molecule has 0 spiro atoms. The second-order valence-electron chi connectivity index (χ2n) is 11.1. The van der Waals surface area contributed by atoms with Crippen LogP contribution in [0, 0.1) is 0 Å². The molecule has 6 rings (SSSR count). The Hall–Kier alpha value is -3.85. The lowest BCUT2D eigenvalue weighted by atomic mass is 9.74. The maximum absolute atomic E-state index is 11.8. The lowest BCUT2D eigenvalue weighted by Crippen LogP contribution is -2.20. The highest BCUT2D eigenvalue weighted by Crippen LogP contribution is 2.55. The third-order valence-corrected chi connectivity index (χ3v) is 7.46. The van der Waals surface area contributed by atoms with Crippen molar-refractivity contribution < 1.29 is 14.3 Å². The molecule has 0 radical (unpaired) electrons. The molecule has 0 saturated carbocycles. The van der Waals surface area contributed by atoms with Gasteiger partial charge in [-0.15, -0.1) is 0 Å². The molecule has 186 valence electrons. The van der Waals surface area contributed by atoms with Crippen molar-refractivity contribution in [1.82, 2.24) is 0 Å². The Bertz CT molecular complexity index is 1460. The Labute approximate surface area is 219 Å². The molecule has 4 aromatic carbocycles. The Balaban J connectivity index is 1.69. The normalized spacial score (nSPS) is 16.3. The lowest BCUT2D eigenvalue weighted by Gasteiger charge is -2.31. The maximum atomic E-state index is 11.8. The summed E-state index contributed by atoms with van der Waals surface area (Å²) in [6, 6.07) is 30.0. The zero-order chi connectivity index (χ0) is 25.6. The Morgan fingerprint density at radius 1 is 0.811 bits per heavy atom. The van der Waals surface area contributed by atoms with Crippen LogP contribution in [-0.2, 0) is 21.4 Å². The highest BCUT2D eigenvalue weighted by atomic mass is 16.6. The molecule has 3 nitrogen and oxygen atoms in total. The third kappa shape index (κ3) is 4.23. The van der Waals surface area contributed by atoms with Crippen molar-refractivity contribution in [3.05, 3.63) is 102 Å². The van der Waals surface area contributed by atoms with Crippen molar-refractivity contribution in [2.24, 2.45) is 0 Å². The fourth-order valence-corrected chi connectivity index (χ4v) is 5.91. The molecule has 0 N–H and O–H groups in total. The van der Waals surface area contributed by atoms with Crippen molar-refractivity contribution in [3.8, 4) is 39.1 Å². The molecule has 0 bridgehead atoms. The summed E-state index contributed by atoms with van der Waals surface area (Å²) in [5.74, 6) is 0.773. The van der Waals surface area contributed by atoms with Crippen molar-refractivity contribution in [3.63, 3.8) is 0 Å². The van der Waals surface area contributed by atoms with Gasteiger partial charge in [0.15, 0.2) is 0 Å². The van der Waals surface area contributed by atoms with Gasteiger partial charge in [-0.05, 0) is 50.8 Å². The van der Waals surface area contributed by atoms with Crippen LogP contribution in [0.4, 0.5) is 0 Å². The van der Waals surface area contributed by atoms with Gasteiger partial charge in [0, 0.05) is 24.0 Å². The van der Waals surface area contributed by atoms with E-state index in [0.29, 0.717) is 19.4 Å². The summed E-state index contributed by atoms with van der Waals surface area (Å²) >= 11 is 0. The van der Waals surface area contributed by atoms with Crippen molar-refractivity contribution >= 4 is 5.97 Å². The third-order valence-electron chi connectivity index (χ3n) is 7.46. The number of benzene rings is 4. The standard InChI is InChI=1S/C34H32O3/c1-34(2,3)32-29(22-12-6-4-7-13-22)30(23-14-8-5-9-15-23)33(36-21-25-18-19-28(35)37-25)27-20-24-16-10-11-17-26(24)31(27)32/h4-17,25H,18-21H2,1-3H3/t25-/m0/s1. The Morgan fingerprint density at radius 3 is 2.05 bits per heavy atom. The Kier molecular flexibility index (Phi) is 5.87. The number of esters is 1. The average molecular weight is 489 g/mol. The monoisotopic (exact) mass is 488 g/mol. The molecule has 1 saturated heterocycles. The van der Waals surface area contributed by atoms with E-state index < -0.39 is 0 Å². The Morgan fingerprint density at radius 2 is 1.43 bits per heavy atom. The van der Waals surface area contributed by atoms with Gasteiger partial charge in [0.05, 0.1) is 0 Å². The van der Waals surface area contributed by atoms with Gasteiger partial charge in [-0.25, -0.2) is 0 Å². The first-order valence-electron chi connectivity index (χ1n) is 13.2. The second-order valence-corrected chi connectivity index (χ2v) is 11.1. The molecule has 1 fully saturated rings. The van der Waals surface area contributed by atoms with E-state index >= 15 is 0 Å². The predicted octanol–water partition coefficient (Wildman–Crippen LogP) is 7.97. The van der Waals surface area contributed by atoms with Crippen LogP contribution in [0.3, 0.4) is 0 Å². The zero-order valence-electron chi connectivity index (χ0n) is 21.7. The second kappa shape index (κ2) is 9.23. The van der Waals surface area contributed by atoms with Gasteiger partial charge >= 0.3 is 5.97 Å². The molecule has 1 heterocycles. The largest absolute Gasteiger partial charge is 0.489 e. The van der Waals surface area contributed by atoms with Crippen molar-refractivity contribution in [2.45, 2.75) is 51.6 Å². The van der Waals surface area contributed by atoms with Gasteiger partial charge in [0.1, 0.15) is 18.5 Å². The van der Waals surface area contributed by atoms with E-state index in [9.17, 15) is 4.79 Å².